The molecular weight excluding hydrogens is 378 g/mol. The number of amides is 2. The monoisotopic (exact) mass is 397 g/mol. The molecule has 7 nitrogen and oxygen atoms in total. The molecule has 3 aromatic rings. The van der Waals surface area contributed by atoms with E-state index in [0.717, 1.165) is 12.8 Å². The number of carbonyl (C=O) groups is 1. The van der Waals surface area contributed by atoms with Gasteiger partial charge in [-0.1, -0.05) is 23.7 Å². The van der Waals surface area contributed by atoms with Gasteiger partial charge in [0.1, 0.15) is 5.82 Å². The first kappa shape index (κ1) is 18.5. The fraction of sp³-hybridized carbons (Fsp3) is 0.250. The van der Waals surface area contributed by atoms with E-state index in [1.54, 1.807) is 49.4 Å². The van der Waals surface area contributed by atoms with Crippen LogP contribution in [-0.4, -0.2) is 21.6 Å². The Bertz CT molecular complexity index is 1120. The normalized spacial score (nSPS) is 14.7. The van der Waals surface area contributed by atoms with Gasteiger partial charge in [0.15, 0.2) is 0 Å². The summed E-state index contributed by atoms with van der Waals surface area (Å²) in [7, 11) is 0. The van der Waals surface area contributed by atoms with E-state index in [0.29, 0.717) is 33.1 Å². The van der Waals surface area contributed by atoms with Crippen LogP contribution in [0.5, 0.6) is 0 Å². The van der Waals surface area contributed by atoms with Crippen molar-refractivity contribution in [3.8, 4) is 5.69 Å². The Balaban J connectivity index is 1.81. The van der Waals surface area contributed by atoms with Crippen LogP contribution in [0.3, 0.4) is 0 Å². The number of nitrogens with one attached hydrogen (secondary N) is 2. The number of nitrogens with two attached hydrogens (primary N) is 1. The lowest BCUT2D eigenvalue weighted by Gasteiger charge is -2.17. The Morgan fingerprint density at radius 1 is 1.29 bits per heavy atom. The molecule has 1 aromatic heterocycles. The molecule has 144 valence electrons. The van der Waals surface area contributed by atoms with Gasteiger partial charge in [-0.05, 0) is 50.1 Å². The number of hydrogen-bond acceptors (Lipinski definition) is 4. The van der Waals surface area contributed by atoms with Crippen molar-refractivity contribution in [3.63, 3.8) is 0 Å². The molecule has 0 spiro atoms. The first-order chi connectivity index (χ1) is 13.4. The number of fused-ring (bicyclic) bond motifs is 1. The summed E-state index contributed by atoms with van der Waals surface area (Å²) in [5.74, 6) is 0.416. The minimum absolute atomic E-state index is 0.252. The number of halogens is 1. The highest BCUT2D eigenvalue weighted by Gasteiger charge is 2.23. The molecule has 4 rings (SSSR count). The summed E-state index contributed by atoms with van der Waals surface area (Å²) in [6.07, 6.45) is 2.01. The molecule has 8 heteroatoms. The van der Waals surface area contributed by atoms with E-state index < -0.39 is 6.04 Å². The largest absolute Gasteiger partial charge is 0.335 e. The molecule has 0 bridgehead atoms. The van der Waals surface area contributed by atoms with Gasteiger partial charge in [-0.15, -0.1) is 0 Å². The van der Waals surface area contributed by atoms with Crippen LogP contribution in [0.25, 0.3) is 16.6 Å². The van der Waals surface area contributed by atoms with Gasteiger partial charge in [0.05, 0.1) is 27.7 Å². The zero-order valence-electron chi connectivity index (χ0n) is 15.3. The summed E-state index contributed by atoms with van der Waals surface area (Å²) >= 11 is 6.26. The van der Waals surface area contributed by atoms with Crippen LogP contribution in [0.4, 0.5) is 10.5 Å². The van der Waals surface area contributed by atoms with E-state index in [-0.39, 0.29) is 17.6 Å². The highest BCUT2D eigenvalue weighted by Crippen LogP contribution is 2.23. The number of hydrogen-bond donors (Lipinski definition) is 3. The summed E-state index contributed by atoms with van der Waals surface area (Å²) in [4.78, 5) is 29.8. The lowest BCUT2D eigenvalue weighted by molar-refractivity contribution is 0.251. The van der Waals surface area contributed by atoms with Crippen molar-refractivity contribution < 1.29 is 4.79 Å². The standard InChI is InChI=1S/C20H20ClN5O2/c1-11(22)18-25-16-7-3-6-15(21)17(16)19(27)26(18)14-5-2-4-13(10-14)24-20(28)23-12-8-9-12/h2-7,10-12H,8-9,22H2,1H3,(H2,23,24,28)/t11-/m0/s1. The van der Waals surface area contributed by atoms with Crippen LogP contribution in [0, 0.1) is 0 Å². The fourth-order valence-electron chi connectivity index (χ4n) is 3.06. The van der Waals surface area contributed by atoms with Crippen molar-refractivity contribution >= 4 is 34.2 Å². The maximum absolute atomic E-state index is 13.2. The number of nitrogens with zero attached hydrogens (tertiary/aromatic N) is 2. The molecule has 1 aliphatic carbocycles. The van der Waals surface area contributed by atoms with Crippen molar-refractivity contribution in [2.24, 2.45) is 5.73 Å². The van der Waals surface area contributed by atoms with Gasteiger partial charge in [0.2, 0.25) is 0 Å². The second-order valence-electron chi connectivity index (χ2n) is 6.96. The van der Waals surface area contributed by atoms with Gasteiger partial charge < -0.3 is 16.4 Å². The predicted molar refractivity (Wildman–Crippen MR) is 110 cm³/mol. The second-order valence-corrected chi connectivity index (χ2v) is 7.36. The molecule has 28 heavy (non-hydrogen) atoms. The SMILES string of the molecule is C[C@H](N)c1nc2cccc(Cl)c2c(=O)n1-c1cccc(NC(=O)NC2CC2)c1. The Morgan fingerprint density at radius 3 is 2.75 bits per heavy atom. The Morgan fingerprint density at radius 2 is 2.04 bits per heavy atom. The van der Waals surface area contributed by atoms with Crippen LogP contribution in [-0.2, 0) is 0 Å². The molecular formula is C20H20ClN5O2. The molecule has 4 N–H and O–H groups in total. The maximum atomic E-state index is 13.2. The van der Waals surface area contributed by atoms with E-state index in [4.69, 9.17) is 17.3 Å². The number of urea groups is 1. The summed E-state index contributed by atoms with van der Waals surface area (Å²) < 4.78 is 1.45. The number of benzene rings is 2. The first-order valence-corrected chi connectivity index (χ1v) is 9.46. The van der Waals surface area contributed by atoms with Crippen molar-refractivity contribution in [2.45, 2.75) is 31.8 Å². The van der Waals surface area contributed by atoms with E-state index in [2.05, 4.69) is 15.6 Å². The highest BCUT2D eigenvalue weighted by atomic mass is 35.5. The molecule has 2 aromatic carbocycles. The van der Waals surface area contributed by atoms with Gasteiger partial charge in [-0.25, -0.2) is 9.78 Å². The van der Waals surface area contributed by atoms with Gasteiger partial charge in [0.25, 0.3) is 5.56 Å². The third-order valence-electron chi connectivity index (χ3n) is 4.55. The van der Waals surface area contributed by atoms with Gasteiger partial charge in [-0.2, -0.15) is 0 Å². The lowest BCUT2D eigenvalue weighted by Crippen LogP contribution is -2.30. The lowest BCUT2D eigenvalue weighted by atomic mass is 10.2. The van der Waals surface area contributed by atoms with Crippen molar-refractivity contribution in [2.75, 3.05) is 5.32 Å². The number of aromatic nitrogens is 2. The van der Waals surface area contributed by atoms with Crippen LogP contribution >= 0.6 is 11.6 Å². The van der Waals surface area contributed by atoms with E-state index in [9.17, 15) is 9.59 Å². The van der Waals surface area contributed by atoms with Crippen LogP contribution in [0.15, 0.2) is 47.3 Å². The topological polar surface area (TPSA) is 102 Å². The molecule has 1 atom stereocenters. The third kappa shape index (κ3) is 3.58. The van der Waals surface area contributed by atoms with Crippen molar-refractivity contribution in [3.05, 3.63) is 63.7 Å². The minimum atomic E-state index is -0.481. The van der Waals surface area contributed by atoms with Gasteiger partial charge in [-0.3, -0.25) is 9.36 Å². The molecule has 1 saturated carbocycles. The Labute approximate surface area is 166 Å². The molecule has 1 fully saturated rings. The smallest absolute Gasteiger partial charge is 0.319 e. The predicted octanol–water partition coefficient (Wildman–Crippen LogP) is 3.34. The summed E-state index contributed by atoms with van der Waals surface area (Å²) in [6.45, 7) is 1.76. The molecule has 0 saturated heterocycles. The van der Waals surface area contributed by atoms with Crippen LogP contribution < -0.4 is 21.9 Å². The second kappa shape index (κ2) is 7.26. The van der Waals surface area contributed by atoms with E-state index in [1.807, 2.05) is 0 Å². The van der Waals surface area contributed by atoms with Crippen molar-refractivity contribution in [1.29, 1.82) is 0 Å². The van der Waals surface area contributed by atoms with E-state index in [1.165, 1.54) is 4.57 Å². The summed E-state index contributed by atoms with van der Waals surface area (Å²) in [5.41, 5.74) is 7.41. The molecule has 1 heterocycles. The quantitative estimate of drug-likeness (QED) is 0.628. The average molecular weight is 398 g/mol. The number of carbonyl (C=O) groups excluding carboxylic acids is 1. The third-order valence-corrected chi connectivity index (χ3v) is 4.87. The molecule has 0 aliphatic heterocycles. The van der Waals surface area contributed by atoms with Gasteiger partial charge in [0, 0.05) is 11.7 Å². The first-order valence-electron chi connectivity index (χ1n) is 9.09. The van der Waals surface area contributed by atoms with E-state index >= 15 is 0 Å². The van der Waals surface area contributed by atoms with Crippen LogP contribution in [0.1, 0.15) is 31.6 Å². The minimum Gasteiger partial charge on any atom is -0.335 e. The average Bonchev–Trinajstić information content (AvgIpc) is 3.45. The van der Waals surface area contributed by atoms with Crippen LogP contribution in [0.2, 0.25) is 5.02 Å². The van der Waals surface area contributed by atoms with Crippen molar-refractivity contribution in [1.82, 2.24) is 14.9 Å². The fourth-order valence-corrected chi connectivity index (χ4v) is 3.32. The number of rotatable bonds is 4. The Kier molecular flexibility index (Phi) is 4.78. The maximum Gasteiger partial charge on any atom is 0.319 e. The van der Waals surface area contributed by atoms with Gasteiger partial charge >= 0.3 is 6.03 Å². The summed E-state index contributed by atoms with van der Waals surface area (Å²) in [6, 6.07) is 11.6. The zero-order valence-corrected chi connectivity index (χ0v) is 16.0. The Hall–Kier alpha value is -2.90. The molecule has 2 amide bonds. The zero-order chi connectivity index (χ0) is 19.8. The molecule has 1 aliphatic rings. The number of anilines is 1. The highest BCUT2D eigenvalue weighted by molar-refractivity contribution is 6.35. The molecule has 0 unspecified atom stereocenters. The molecule has 0 radical (unpaired) electrons. The summed E-state index contributed by atoms with van der Waals surface area (Å²) in [5, 5.41) is 6.33.